The SMILES string of the molecule is CCCCC1CCC(C(=O)NC(CC(C)C)C(=O)NC)CC1. The molecular weight excluding hydrogens is 276 g/mol. The molecular formula is C18H34N2O2. The van der Waals surface area contributed by atoms with Crippen LogP contribution >= 0.6 is 0 Å². The maximum atomic E-state index is 12.4. The van der Waals surface area contributed by atoms with E-state index in [1.807, 2.05) is 0 Å². The molecule has 1 aliphatic rings. The molecule has 1 rings (SSSR count). The molecule has 1 atom stereocenters. The maximum absolute atomic E-state index is 12.4. The van der Waals surface area contributed by atoms with Crippen molar-refractivity contribution in [3.8, 4) is 0 Å². The largest absolute Gasteiger partial charge is 0.357 e. The van der Waals surface area contributed by atoms with E-state index in [2.05, 4.69) is 31.4 Å². The zero-order chi connectivity index (χ0) is 16.5. The first-order valence-corrected chi connectivity index (χ1v) is 8.99. The van der Waals surface area contributed by atoms with Crippen LogP contribution < -0.4 is 10.6 Å². The molecule has 0 aromatic rings. The highest BCUT2D eigenvalue weighted by Gasteiger charge is 2.29. The Kier molecular flexibility index (Phi) is 8.51. The van der Waals surface area contributed by atoms with Gasteiger partial charge in [-0.15, -0.1) is 0 Å². The summed E-state index contributed by atoms with van der Waals surface area (Å²) in [5, 5.41) is 5.63. The molecule has 0 spiro atoms. The summed E-state index contributed by atoms with van der Waals surface area (Å²) in [6, 6.07) is -0.393. The molecule has 0 aliphatic heterocycles. The lowest BCUT2D eigenvalue weighted by Crippen LogP contribution is -2.48. The van der Waals surface area contributed by atoms with Crippen LogP contribution in [0.5, 0.6) is 0 Å². The fraction of sp³-hybridized carbons (Fsp3) is 0.889. The van der Waals surface area contributed by atoms with E-state index >= 15 is 0 Å². The zero-order valence-corrected chi connectivity index (χ0v) is 14.8. The average Bonchev–Trinajstić information content (AvgIpc) is 2.51. The van der Waals surface area contributed by atoms with Gasteiger partial charge in [0, 0.05) is 13.0 Å². The molecule has 0 heterocycles. The Hall–Kier alpha value is -1.06. The summed E-state index contributed by atoms with van der Waals surface area (Å²) in [5.74, 6) is 1.26. The van der Waals surface area contributed by atoms with Crippen LogP contribution in [0.2, 0.25) is 0 Å². The van der Waals surface area contributed by atoms with Crippen molar-refractivity contribution in [3.63, 3.8) is 0 Å². The fourth-order valence-electron chi connectivity index (χ4n) is 3.37. The van der Waals surface area contributed by atoms with Gasteiger partial charge in [-0.3, -0.25) is 9.59 Å². The van der Waals surface area contributed by atoms with E-state index < -0.39 is 6.04 Å². The summed E-state index contributed by atoms with van der Waals surface area (Å²) in [4.78, 5) is 24.4. The highest BCUT2D eigenvalue weighted by atomic mass is 16.2. The third-order valence-corrected chi connectivity index (χ3v) is 4.77. The van der Waals surface area contributed by atoms with Crippen LogP contribution in [0.25, 0.3) is 0 Å². The standard InChI is InChI=1S/C18H34N2O2/c1-5-6-7-14-8-10-15(11-9-14)17(21)20-16(12-13(2)3)18(22)19-4/h13-16H,5-12H2,1-4H3,(H,19,22)(H,20,21). The summed E-state index contributed by atoms with van der Waals surface area (Å²) in [6.07, 6.45) is 8.82. The molecule has 4 nitrogen and oxygen atoms in total. The molecule has 0 aromatic carbocycles. The summed E-state index contributed by atoms with van der Waals surface area (Å²) < 4.78 is 0. The highest BCUT2D eigenvalue weighted by molar-refractivity contribution is 5.88. The van der Waals surface area contributed by atoms with Gasteiger partial charge in [-0.25, -0.2) is 0 Å². The van der Waals surface area contributed by atoms with Crippen molar-refractivity contribution in [1.29, 1.82) is 0 Å². The van der Waals surface area contributed by atoms with Crippen molar-refractivity contribution < 1.29 is 9.59 Å². The number of rotatable bonds is 8. The number of likely N-dealkylation sites (N-methyl/N-ethyl adjacent to an activating group) is 1. The molecule has 1 aliphatic carbocycles. The van der Waals surface area contributed by atoms with Crippen molar-refractivity contribution in [2.24, 2.45) is 17.8 Å². The minimum atomic E-state index is -0.393. The van der Waals surface area contributed by atoms with Gasteiger partial charge in [-0.1, -0.05) is 40.0 Å². The quantitative estimate of drug-likeness (QED) is 0.723. The van der Waals surface area contributed by atoms with Crippen LogP contribution in [-0.2, 0) is 9.59 Å². The summed E-state index contributed by atoms with van der Waals surface area (Å²) >= 11 is 0. The van der Waals surface area contributed by atoms with Crippen molar-refractivity contribution >= 4 is 11.8 Å². The summed E-state index contributed by atoms with van der Waals surface area (Å²) in [7, 11) is 1.63. The van der Waals surface area contributed by atoms with Crippen LogP contribution in [0.1, 0.15) is 72.1 Å². The van der Waals surface area contributed by atoms with E-state index in [1.54, 1.807) is 7.05 Å². The Morgan fingerprint density at radius 1 is 1.14 bits per heavy atom. The molecule has 22 heavy (non-hydrogen) atoms. The van der Waals surface area contributed by atoms with E-state index in [0.717, 1.165) is 31.6 Å². The predicted octanol–water partition coefficient (Wildman–Crippen LogP) is 3.26. The second-order valence-corrected chi connectivity index (χ2v) is 7.16. The first kappa shape index (κ1) is 19.0. The lowest BCUT2D eigenvalue weighted by molar-refractivity contribution is -0.132. The first-order chi connectivity index (χ1) is 10.5. The van der Waals surface area contributed by atoms with Gasteiger partial charge in [0.05, 0.1) is 0 Å². The fourth-order valence-corrected chi connectivity index (χ4v) is 3.37. The minimum Gasteiger partial charge on any atom is -0.357 e. The third kappa shape index (κ3) is 6.37. The van der Waals surface area contributed by atoms with Crippen molar-refractivity contribution in [2.75, 3.05) is 7.05 Å². The van der Waals surface area contributed by atoms with Gasteiger partial charge in [0.2, 0.25) is 11.8 Å². The second kappa shape index (κ2) is 9.86. The Labute approximate surface area is 135 Å². The number of carbonyl (C=O) groups is 2. The molecule has 128 valence electrons. The number of unbranched alkanes of at least 4 members (excludes halogenated alkanes) is 1. The van der Waals surface area contributed by atoms with E-state index in [4.69, 9.17) is 0 Å². The van der Waals surface area contributed by atoms with Crippen LogP contribution in [0, 0.1) is 17.8 Å². The Morgan fingerprint density at radius 2 is 1.77 bits per heavy atom. The van der Waals surface area contributed by atoms with E-state index in [-0.39, 0.29) is 17.7 Å². The number of nitrogens with one attached hydrogen (secondary N) is 2. The lowest BCUT2D eigenvalue weighted by atomic mass is 9.79. The van der Waals surface area contributed by atoms with Crippen LogP contribution in [0.3, 0.4) is 0 Å². The van der Waals surface area contributed by atoms with Gasteiger partial charge in [0.25, 0.3) is 0 Å². The number of carbonyl (C=O) groups excluding carboxylic acids is 2. The minimum absolute atomic E-state index is 0.0724. The van der Waals surface area contributed by atoms with E-state index in [9.17, 15) is 9.59 Å². The average molecular weight is 310 g/mol. The molecule has 0 bridgehead atoms. The van der Waals surface area contributed by atoms with Crippen LogP contribution in [0.15, 0.2) is 0 Å². The monoisotopic (exact) mass is 310 g/mol. The van der Waals surface area contributed by atoms with Gasteiger partial charge >= 0.3 is 0 Å². The van der Waals surface area contributed by atoms with Gasteiger partial charge in [-0.05, 0) is 43.9 Å². The zero-order valence-electron chi connectivity index (χ0n) is 14.8. The third-order valence-electron chi connectivity index (χ3n) is 4.77. The van der Waals surface area contributed by atoms with Crippen molar-refractivity contribution in [2.45, 2.75) is 78.2 Å². The molecule has 1 unspecified atom stereocenters. The maximum Gasteiger partial charge on any atom is 0.242 e. The molecule has 2 N–H and O–H groups in total. The molecule has 0 radical (unpaired) electrons. The molecule has 1 fully saturated rings. The van der Waals surface area contributed by atoms with Gasteiger partial charge in [-0.2, -0.15) is 0 Å². The summed E-state index contributed by atoms with van der Waals surface area (Å²) in [6.45, 7) is 6.37. The highest BCUT2D eigenvalue weighted by Crippen LogP contribution is 2.32. The number of amides is 2. The Morgan fingerprint density at radius 3 is 2.27 bits per heavy atom. The van der Waals surface area contributed by atoms with E-state index in [1.165, 1.54) is 19.3 Å². The number of hydrogen-bond donors (Lipinski definition) is 2. The van der Waals surface area contributed by atoms with Crippen LogP contribution in [0.4, 0.5) is 0 Å². The smallest absolute Gasteiger partial charge is 0.242 e. The van der Waals surface area contributed by atoms with Crippen molar-refractivity contribution in [1.82, 2.24) is 10.6 Å². The first-order valence-electron chi connectivity index (χ1n) is 8.99. The topological polar surface area (TPSA) is 58.2 Å². The Balaban J connectivity index is 2.45. The lowest BCUT2D eigenvalue weighted by Gasteiger charge is -2.29. The van der Waals surface area contributed by atoms with Crippen molar-refractivity contribution in [3.05, 3.63) is 0 Å². The van der Waals surface area contributed by atoms with Gasteiger partial charge in [0.1, 0.15) is 6.04 Å². The molecule has 1 saturated carbocycles. The van der Waals surface area contributed by atoms with Gasteiger partial charge < -0.3 is 10.6 Å². The molecule has 0 aromatic heterocycles. The predicted molar refractivity (Wildman–Crippen MR) is 90.4 cm³/mol. The molecule has 2 amide bonds. The normalized spacial score (nSPS) is 23.1. The molecule has 0 saturated heterocycles. The van der Waals surface area contributed by atoms with Gasteiger partial charge in [0.15, 0.2) is 0 Å². The molecule has 4 heteroatoms. The Bertz CT molecular complexity index is 347. The number of hydrogen-bond acceptors (Lipinski definition) is 2. The van der Waals surface area contributed by atoms with E-state index in [0.29, 0.717) is 12.3 Å². The summed E-state index contributed by atoms with van der Waals surface area (Å²) in [5.41, 5.74) is 0. The van der Waals surface area contributed by atoms with Crippen LogP contribution in [-0.4, -0.2) is 24.9 Å². The second-order valence-electron chi connectivity index (χ2n) is 7.16.